The van der Waals surface area contributed by atoms with E-state index >= 15 is 0 Å². The molecule has 1 radical (unpaired) electrons. The molecule has 3 heteroatoms. The Kier molecular flexibility index (Phi) is 4.99. The van der Waals surface area contributed by atoms with Crippen LogP contribution >= 0.6 is 12.2 Å². The quantitative estimate of drug-likeness (QED) is 0.736. The summed E-state index contributed by atoms with van der Waals surface area (Å²) in [5.74, 6) is 1.10. The molecule has 0 aromatic heterocycles. The summed E-state index contributed by atoms with van der Waals surface area (Å²) in [7, 11) is 0. The summed E-state index contributed by atoms with van der Waals surface area (Å²) in [6, 6.07) is 20.8. The molecule has 0 fully saturated rings. The molecular weight excluding hydrogens is 300 g/mol. The first-order valence-electron chi connectivity index (χ1n) is 7.99. The summed E-state index contributed by atoms with van der Waals surface area (Å²) < 4.78 is 0. The Morgan fingerprint density at radius 3 is 2.13 bits per heavy atom. The van der Waals surface area contributed by atoms with Gasteiger partial charge in [-0.3, -0.25) is 0 Å². The van der Waals surface area contributed by atoms with E-state index in [4.69, 9.17) is 17.2 Å². The molecule has 2 nitrogen and oxygen atoms in total. The van der Waals surface area contributed by atoms with E-state index in [1.54, 1.807) is 5.37 Å². The Morgan fingerprint density at radius 1 is 0.957 bits per heavy atom. The van der Waals surface area contributed by atoms with E-state index in [1.807, 2.05) is 12.1 Å². The Hall–Kier alpha value is -2.26. The van der Waals surface area contributed by atoms with Gasteiger partial charge in [-0.25, -0.2) is 4.90 Å². The minimum atomic E-state index is 0.703. The predicted octanol–water partition coefficient (Wildman–Crippen LogP) is 4.36. The maximum absolute atomic E-state index is 5.14. The topological polar surface area (TPSA) is 17.3 Å². The summed E-state index contributed by atoms with van der Waals surface area (Å²) in [5.41, 5.74) is 4.52. The Balaban J connectivity index is 2.15. The molecule has 23 heavy (non-hydrogen) atoms. The first-order valence-corrected chi connectivity index (χ1v) is 8.46. The number of rotatable bonds is 6. The van der Waals surface area contributed by atoms with E-state index in [-0.39, 0.29) is 0 Å². The molecule has 0 saturated heterocycles. The van der Waals surface area contributed by atoms with Crippen molar-refractivity contribution in [2.45, 2.75) is 19.8 Å². The number of aliphatic imine (C=N–C) groups is 1. The fourth-order valence-corrected chi connectivity index (χ4v) is 3.02. The number of thiocarbonyl (C=S) groups is 1. The highest BCUT2D eigenvalue weighted by Gasteiger charge is 2.37. The van der Waals surface area contributed by atoms with Crippen LogP contribution in [0.2, 0.25) is 0 Å². The highest BCUT2D eigenvalue weighted by atomic mass is 32.1. The van der Waals surface area contributed by atoms with Gasteiger partial charge in [0.25, 0.3) is 5.84 Å². The van der Waals surface area contributed by atoms with Gasteiger partial charge in [0.1, 0.15) is 6.54 Å². The van der Waals surface area contributed by atoms with Crippen LogP contribution in [0.4, 0.5) is 0 Å². The van der Waals surface area contributed by atoms with Crippen molar-refractivity contribution in [2.75, 3.05) is 6.54 Å². The summed E-state index contributed by atoms with van der Waals surface area (Å²) in [6.07, 6.45) is 2.02. The summed E-state index contributed by atoms with van der Waals surface area (Å²) >= 11 is 5.14. The van der Waals surface area contributed by atoms with Crippen molar-refractivity contribution < 1.29 is 0 Å². The summed E-state index contributed by atoms with van der Waals surface area (Å²) in [5, 5.41) is 1.78. The molecule has 3 rings (SSSR count). The summed E-state index contributed by atoms with van der Waals surface area (Å²) in [4.78, 5) is 7.22. The van der Waals surface area contributed by atoms with E-state index in [2.05, 4.69) is 60.4 Å². The highest BCUT2D eigenvalue weighted by molar-refractivity contribution is 7.79. The molecule has 0 aliphatic carbocycles. The lowest BCUT2D eigenvalue weighted by atomic mass is 10.0. The molecule has 1 aliphatic heterocycles. The van der Waals surface area contributed by atoms with Gasteiger partial charge in [-0.1, -0.05) is 79.8 Å². The highest BCUT2D eigenvalue weighted by Crippen LogP contribution is 2.32. The Labute approximate surface area is 143 Å². The first-order chi connectivity index (χ1) is 11.3. The Morgan fingerprint density at radius 2 is 1.57 bits per heavy atom. The number of hydrogen-bond donors (Lipinski definition) is 0. The molecule has 1 aliphatic rings. The van der Waals surface area contributed by atoms with E-state index in [0.29, 0.717) is 6.54 Å². The molecule has 1 heterocycles. The number of amidine groups is 1. The zero-order valence-electron chi connectivity index (χ0n) is 13.3. The lowest BCUT2D eigenvalue weighted by Gasteiger charge is -2.14. The van der Waals surface area contributed by atoms with Gasteiger partial charge in [0.2, 0.25) is 5.70 Å². The molecule has 0 unspecified atom stereocenters. The van der Waals surface area contributed by atoms with Crippen molar-refractivity contribution in [1.82, 2.24) is 9.89 Å². The van der Waals surface area contributed by atoms with Crippen LogP contribution in [0, 0.1) is 0 Å². The molecule has 115 valence electrons. The number of nitrogens with zero attached hydrogens (tertiary/aromatic N) is 2. The molecule has 0 bridgehead atoms. The molecular formula is C20H20N2S+. The zero-order chi connectivity index (χ0) is 16.1. The monoisotopic (exact) mass is 320 g/mol. The third-order valence-electron chi connectivity index (χ3n) is 3.87. The van der Waals surface area contributed by atoms with Crippen molar-refractivity contribution in [3.8, 4) is 0 Å². The molecule has 0 saturated carbocycles. The minimum Gasteiger partial charge on any atom is -0.219 e. The second-order valence-electron chi connectivity index (χ2n) is 5.48. The molecule has 0 spiro atoms. The van der Waals surface area contributed by atoms with Crippen LogP contribution in [0.15, 0.2) is 60.7 Å². The van der Waals surface area contributed by atoms with Gasteiger partial charge < -0.3 is 0 Å². The van der Waals surface area contributed by atoms with Crippen molar-refractivity contribution >= 4 is 34.8 Å². The normalized spacial score (nSPS) is 14.1. The van der Waals surface area contributed by atoms with Crippen LogP contribution in [0.1, 0.15) is 30.9 Å². The lowest BCUT2D eigenvalue weighted by Crippen LogP contribution is -2.29. The van der Waals surface area contributed by atoms with Crippen LogP contribution in [-0.2, 0) is 0 Å². The maximum atomic E-state index is 5.14. The Bertz CT molecular complexity index is 733. The van der Waals surface area contributed by atoms with Crippen molar-refractivity contribution in [3.63, 3.8) is 0 Å². The fraction of sp³-hybridized carbons (Fsp3) is 0.200. The van der Waals surface area contributed by atoms with Gasteiger partial charge in [0, 0.05) is 16.5 Å². The van der Waals surface area contributed by atoms with E-state index in [1.165, 1.54) is 5.56 Å². The van der Waals surface area contributed by atoms with E-state index in [9.17, 15) is 0 Å². The maximum Gasteiger partial charge on any atom is 0.300 e. The fourth-order valence-electron chi connectivity index (χ4n) is 2.87. The van der Waals surface area contributed by atoms with Crippen molar-refractivity contribution in [3.05, 3.63) is 71.8 Å². The zero-order valence-corrected chi connectivity index (χ0v) is 14.1. The first kappa shape index (κ1) is 15.6. The number of benzene rings is 2. The van der Waals surface area contributed by atoms with Gasteiger partial charge in [-0.2, -0.15) is 0 Å². The lowest BCUT2D eigenvalue weighted by molar-refractivity contribution is 0.662. The van der Waals surface area contributed by atoms with Crippen LogP contribution in [0.3, 0.4) is 0 Å². The van der Waals surface area contributed by atoms with E-state index in [0.717, 1.165) is 35.6 Å². The smallest absolute Gasteiger partial charge is 0.219 e. The van der Waals surface area contributed by atoms with Crippen LogP contribution in [0.5, 0.6) is 0 Å². The molecule has 0 amide bonds. The third-order valence-corrected chi connectivity index (χ3v) is 4.02. The summed E-state index contributed by atoms with van der Waals surface area (Å²) in [6.45, 7) is 2.88. The van der Waals surface area contributed by atoms with Gasteiger partial charge in [-0.15, -0.1) is 0 Å². The molecule has 2 aromatic rings. The van der Waals surface area contributed by atoms with Gasteiger partial charge in [-0.05, 0) is 11.4 Å². The van der Waals surface area contributed by atoms with E-state index < -0.39 is 0 Å². The van der Waals surface area contributed by atoms with Gasteiger partial charge in [0.05, 0.1) is 6.42 Å². The van der Waals surface area contributed by atoms with Gasteiger partial charge >= 0.3 is 0 Å². The molecule has 0 N–H and O–H groups in total. The van der Waals surface area contributed by atoms with Crippen molar-refractivity contribution in [1.29, 1.82) is 0 Å². The molecule has 0 atom stereocenters. The minimum absolute atomic E-state index is 0.703. The average Bonchev–Trinajstić information content (AvgIpc) is 2.96. The van der Waals surface area contributed by atoms with Crippen LogP contribution in [-0.4, -0.2) is 22.6 Å². The van der Waals surface area contributed by atoms with Gasteiger partial charge in [0.15, 0.2) is 5.70 Å². The van der Waals surface area contributed by atoms with Crippen LogP contribution < -0.4 is 4.99 Å². The number of hydrogen-bond acceptors (Lipinski definition) is 3. The predicted molar refractivity (Wildman–Crippen MR) is 102 cm³/mol. The standard InChI is InChI=1S/C20H20N2S/c1-2-9-18-21-19(16-10-5-3-6-11-16)20(22(18)14-15-23)17-12-7-4-8-13-17/h3-8,10-13,15H,2,9,14H2,1H3/q+1. The SMILES string of the molecule is CCCC1=[N+]C(c2ccccc2)=C(c2ccccc2)N1CC=S. The second-order valence-corrected chi connectivity index (χ2v) is 5.82. The third kappa shape index (κ3) is 3.25. The molecule has 2 aromatic carbocycles. The second kappa shape index (κ2) is 7.34. The largest absolute Gasteiger partial charge is 0.300 e. The average molecular weight is 320 g/mol. The van der Waals surface area contributed by atoms with Crippen LogP contribution in [0.25, 0.3) is 11.4 Å². The van der Waals surface area contributed by atoms with Crippen molar-refractivity contribution in [2.24, 2.45) is 0 Å².